The number of hydrogen-bond acceptors (Lipinski definition) is 6. The van der Waals surface area contributed by atoms with Gasteiger partial charge in [0.2, 0.25) is 11.7 Å². The molecule has 158 valence electrons. The number of carboxylic acid groups (broad SMARTS) is 1. The lowest BCUT2D eigenvalue weighted by Gasteiger charge is -2.25. The van der Waals surface area contributed by atoms with Crippen LogP contribution in [0.5, 0.6) is 0 Å². The standard InChI is InChI=1S/C23H21FN4O3/c1-23(2,3)14-4-6-15(7-5-14)28(22-26-12-17(24)20(25)27-22)16-8-9-18-13(10-16)11-19(31-18)21(29)30/h4-12H,1-3H3,(H,29,30)(H2,25,26,27). The number of furan rings is 1. The van der Waals surface area contributed by atoms with Crippen molar-refractivity contribution in [2.45, 2.75) is 26.2 Å². The zero-order chi connectivity index (χ0) is 22.3. The van der Waals surface area contributed by atoms with Gasteiger partial charge in [-0.2, -0.15) is 4.98 Å². The van der Waals surface area contributed by atoms with Gasteiger partial charge in [-0.15, -0.1) is 0 Å². The monoisotopic (exact) mass is 420 g/mol. The first-order valence-corrected chi connectivity index (χ1v) is 9.59. The van der Waals surface area contributed by atoms with E-state index in [2.05, 4.69) is 30.7 Å². The summed E-state index contributed by atoms with van der Waals surface area (Å²) >= 11 is 0. The molecule has 0 fully saturated rings. The van der Waals surface area contributed by atoms with E-state index in [1.807, 2.05) is 24.3 Å². The van der Waals surface area contributed by atoms with Gasteiger partial charge >= 0.3 is 5.97 Å². The van der Waals surface area contributed by atoms with Crippen LogP contribution >= 0.6 is 0 Å². The van der Waals surface area contributed by atoms with Crippen molar-refractivity contribution in [3.63, 3.8) is 0 Å². The Morgan fingerprint density at radius 2 is 1.77 bits per heavy atom. The highest BCUT2D eigenvalue weighted by molar-refractivity contribution is 5.93. The van der Waals surface area contributed by atoms with Gasteiger partial charge in [0.15, 0.2) is 11.6 Å². The van der Waals surface area contributed by atoms with Crippen molar-refractivity contribution in [1.29, 1.82) is 0 Å². The fourth-order valence-corrected chi connectivity index (χ4v) is 3.24. The number of nitrogens with zero attached hydrogens (tertiary/aromatic N) is 3. The predicted octanol–water partition coefficient (Wildman–Crippen LogP) is 5.41. The predicted molar refractivity (Wildman–Crippen MR) is 117 cm³/mol. The number of carbonyl (C=O) groups is 1. The van der Waals surface area contributed by atoms with E-state index in [-0.39, 0.29) is 22.9 Å². The number of aromatic nitrogens is 2. The summed E-state index contributed by atoms with van der Waals surface area (Å²) in [7, 11) is 0. The molecule has 31 heavy (non-hydrogen) atoms. The van der Waals surface area contributed by atoms with Crippen molar-refractivity contribution < 1.29 is 18.7 Å². The Morgan fingerprint density at radius 3 is 2.39 bits per heavy atom. The van der Waals surface area contributed by atoms with Gasteiger partial charge < -0.3 is 15.3 Å². The van der Waals surface area contributed by atoms with E-state index in [1.54, 1.807) is 23.1 Å². The molecule has 0 unspecified atom stereocenters. The number of fused-ring (bicyclic) bond motifs is 1. The first-order valence-electron chi connectivity index (χ1n) is 9.59. The average Bonchev–Trinajstić information content (AvgIpc) is 3.14. The van der Waals surface area contributed by atoms with Gasteiger partial charge in [0.1, 0.15) is 5.58 Å². The highest BCUT2D eigenvalue weighted by atomic mass is 19.1. The summed E-state index contributed by atoms with van der Waals surface area (Å²) in [6, 6.07) is 14.5. The van der Waals surface area contributed by atoms with Crippen molar-refractivity contribution in [1.82, 2.24) is 9.97 Å². The molecular weight excluding hydrogens is 399 g/mol. The lowest BCUT2D eigenvalue weighted by molar-refractivity contribution is 0.0665. The Balaban J connectivity index is 1.87. The molecule has 2 aromatic carbocycles. The number of halogens is 1. The van der Waals surface area contributed by atoms with Crippen LogP contribution in [-0.2, 0) is 5.41 Å². The molecule has 0 atom stereocenters. The van der Waals surface area contributed by atoms with Gasteiger partial charge in [-0.25, -0.2) is 14.2 Å². The maximum Gasteiger partial charge on any atom is 0.371 e. The van der Waals surface area contributed by atoms with Crippen molar-refractivity contribution in [2.75, 3.05) is 10.6 Å². The van der Waals surface area contributed by atoms with E-state index in [4.69, 9.17) is 10.2 Å². The molecule has 3 N–H and O–H groups in total. The number of carboxylic acids is 1. The van der Waals surface area contributed by atoms with Crippen molar-refractivity contribution in [3.8, 4) is 0 Å². The van der Waals surface area contributed by atoms with Crippen LogP contribution in [0.2, 0.25) is 0 Å². The number of hydrogen-bond donors (Lipinski definition) is 2. The van der Waals surface area contributed by atoms with Crippen LogP contribution in [0.25, 0.3) is 11.0 Å². The lowest BCUT2D eigenvalue weighted by atomic mass is 9.87. The smallest absolute Gasteiger partial charge is 0.371 e. The van der Waals surface area contributed by atoms with E-state index < -0.39 is 11.8 Å². The molecule has 2 heterocycles. The molecule has 0 saturated heterocycles. The van der Waals surface area contributed by atoms with Crippen molar-refractivity contribution >= 4 is 40.1 Å². The Bertz CT molecular complexity index is 1280. The number of aromatic carboxylic acids is 1. The quantitative estimate of drug-likeness (QED) is 0.455. The summed E-state index contributed by atoms with van der Waals surface area (Å²) in [5.41, 5.74) is 8.62. The summed E-state index contributed by atoms with van der Waals surface area (Å²) in [6.45, 7) is 6.36. The second-order valence-corrected chi connectivity index (χ2v) is 8.17. The Kier molecular flexibility index (Phi) is 4.85. The van der Waals surface area contributed by atoms with Crippen LogP contribution in [-0.4, -0.2) is 21.0 Å². The van der Waals surface area contributed by atoms with E-state index >= 15 is 0 Å². The van der Waals surface area contributed by atoms with E-state index in [9.17, 15) is 14.3 Å². The molecular formula is C23H21FN4O3. The van der Waals surface area contributed by atoms with Crippen LogP contribution in [0.15, 0.2) is 59.1 Å². The highest BCUT2D eigenvalue weighted by Gasteiger charge is 2.20. The summed E-state index contributed by atoms with van der Waals surface area (Å²) in [6.07, 6.45) is 1.02. The molecule has 2 aromatic heterocycles. The van der Waals surface area contributed by atoms with Gasteiger partial charge in [0.05, 0.1) is 6.20 Å². The molecule has 0 saturated carbocycles. The van der Waals surface area contributed by atoms with Crippen LogP contribution in [0.4, 0.5) is 27.5 Å². The average molecular weight is 420 g/mol. The Labute approximate surface area is 178 Å². The number of rotatable bonds is 4. The Hall–Kier alpha value is -3.94. The normalized spacial score (nSPS) is 11.6. The fourth-order valence-electron chi connectivity index (χ4n) is 3.24. The third-order valence-corrected chi connectivity index (χ3v) is 4.92. The largest absolute Gasteiger partial charge is 0.475 e. The minimum Gasteiger partial charge on any atom is -0.475 e. The molecule has 0 bridgehead atoms. The molecule has 0 amide bonds. The second kappa shape index (κ2) is 7.39. The number of nitrogen functional groups attached to an aromatic ring is 1. The van der Waals surface area contributed by atoms with Gasteiger partial charge in [-0.05, 0) is 47.4 Å². The van der Waals surface area contributed by atoms with Gasteiger partial charge in [-0.1, -0.05) is 32.9 Å². The molecule has 0 spiro atoms. The summed E-state index contributed by atoms with van der Waals surface area (Å²) in [4.78, 5) is 21.2. The molecule has 0 aliphatic rings. The lowest BCUT2D eigenvalue weighted by Crippen LogP contribution is -2.16. The molecule has 0 aliphatic carbocycles. The molecule has 0 radical (unpaired) electrons. The highest BCUT2D eigenvalue weighted by Crippen LogP contribution is 2.36. The minimum absolute atomic E-state index is 0.0247. The van der Waals surface area contributed by atoms with Crippen LogP contribution < -0.4 is 10.6 Å². The third-order valence-electron chi connectivity index (χ3n) is 4.92. The molecule has 0 aliphatic heterocycles. The van der Waals surface area contributed by atoms with Gasteiger partial charge in [0, 0.05) is 16.8 Å². The van der Waals surface area contributed by atoms with Gasteiger partial charge in [-0.3, -0.25) is 4.90 Å². The summed E-state index contributed by atoms with van der Waals surface area (Å²) in [5, 5.41) is 9.79. The maximum atomic E-state index is 13.7. The maximum absolute atomic E-state index is 13.7. The van der Waals surface area contributed by atoms with E-state index in [0.29, 0.717) is 16.7 Å². The number of benzene rings is 2. The molecule has 8 heteroatoms. The third kappa shape index (κ3) is 3.92. The second-order valence-electron chi connectivity index (χ2n) is 8.17. The van der Waals surface area contributed by atoms with Crippen LogP contribution in [0, 0.1) is 5.82 Å². The zero-order valence-electron chi connectivity index (χ0n) is 17.3. The molecule has 7 nitrogen and oxygen atoms in total. The molecule has 4 rings (SSSR count). The Morgan fingerprint density at radius 1 is 1.10 bits per heavy atom. The van der Waals surface area contributed by atoms with Crippen molar-refractivity contribution in [2.24, 2.45) is 0 Å². The SMILES string of the molecule is CC(C)(C)c1ccc(N(c2ccc3oc(C(=O)O)cc3c2)c2ncc(F)c(N)n2)cc1. The summed E-state index contributed by atoms with van der Waals surface area (Å²) < 4.78 is 19.0. The van der Waals surface area contributed by atoms with Gasteiger partial charge in [0.25, 0.3) is 0 Å². The van der Waals surface area contributed by atoms with Crippen LogP contribution in [0.1, 0.15) is 36.9 Å². The fraction of sp³-hybridized carbons (Fsp3) is 0.174. The first kappa shape index (κ1) is 20.3. The van der Waals surface area contributed by atoms with Crippen molar-refractivity contribution in [3.05, 3.63) is 71.9 Å². The minimum atomic E-state index is -1.15. The van der Waals surface area contributed by atoms with Crippen LogP contribution in [0.3, 0.4) is 0 Å². The topological polar surface area (TPSA) is 105 Å². The molecule has 4 aromatic rings. The summed E-state index contributed by atoms with van der Waals surface area (Å²) in [5.74, 6) is -2.09. The zero-order valence-corrected chi connectivity index (χ0v) is 17.3. The van der Waals surface area contributed by atoms with E-state index in [1.165, 1.54) is 6.07 Å². The first-order chi connectivity index (χ1) is 14.6. The van der Waals surface area contributed by atoms with E-state index in [0.717, 1.165) is 17.4 Å². The number of nitrogens with two attached hydrogens (primary N) is 1. The number of anilines is 4.